The topological polar surface area (TPSA) is 307 Å². The molecular formula is C92H155NO18. The first-order valence-electron chi connectivity index (χ1n) is 43.6. The van der Waals surface area contributed by atoms with Crippen molar-refractivity contribution in [2.75, 3.05) is 26.4 Å². The molecule has 3 heterocycles. The average molecular weight is 1560 g/mol. The minimum absolute atomic E-state index is 0.222. The second-order valence-corrected chi connectivity index (χ2v) is 30.2. The molecule has 0 bridgehead atoms. The van der Waals surface area contributed by atoms with E-state index in [2.05, 4.69) is 153 Å². The standard InChI is InChI=1S/C92H155NO18/c1-3-5-7-9-11-13-15-17-19-21-23-25-27-29-30-31-32-33-34-35-36-37-38-39-40-41-42-43-44-46-48-50-52-54-56-58-60-62-64-66-68-70-80(98)93-75(76(97)69-67-65-63-61-59-57-55-53-51-49-47-45-28-26-24-22-20-18-16-14-12-10-8-6-4-2)74-106-90-86(104)83(101)88(78(72-95)108-90)111-92-87(105)84(102)89(79(73-96)109-92)110-91-85(103)82(100)81(99)77(71-94)107-91/h5,7,11,13,17,19,23,25,29-30,32-33,35-36,38-39,41-42,51,53,59,61,67,69,75-79,81-92,94-97,99-105H,3-4,6,8-10,12,14-16,18,20-22,24,26-28,31,34,37,40,43-50,52,54-58,60,62-66,68,70-74H2,1-2H3,(H,93,98)/b7-5-,13-11-,19-17-,25-23-,30-29-,33-32-,36-35-,39-38-,42-41-,53-51+,61-59+,69-67+. The highest BCUT2D eigenvalue weighted by molar-refractivity contribution is 5.76. The van der Waals surface area contributed by atoms with Gasteiger partial charge in [-0.2, -0.15) is 0 Å². The fourth-order valence-electron chi connectivity index (χ4n) is 13.7. The van der Waals surface area contributed by atoms with Crippen molar-refractivity contribution in [2.45, 2.75) is 401 Å². The van der Waals surface area contributed by atoms with E-state index < -0.39 is 124 Å². The van der Waals surface area contributed by atoms with Gasteiger partial charge < -0.3 is 89.9 Å². The van der Waals surface area contributed by atoms with Crippen molar-refractivity contribution in [2.24, 2.45) is 0 Å². The third-order valence-corrected chi connectivity index (χ3v) is 20.6. The monoisotopic (exact) mass is 1560 g/mol. The van der Waals surface area contributed by atoms with E-state index in [4.69, 9.17) is 28.4 Å². The van der Waals surface area contributed by atoms with Crippen LogP contribution in [0.25, 0.3) is 0 Å². The average Bonchev–Trinajstić information content (AvgIpc) is 0.780. The van der Waals surface area contributed by atoms with Gasteiger partial charge in [-0.3, -0.25) is 4.79 Å². The maximum atomic E-state index is 13.5. The van der Waals surface area contributed by atoms with Crippen LogP contribution in [0.2, 0.25) is 0 Å². The number of amides is 1. The zero-order chi connectivity index (χ0) is 80.3. The van der Waals surface area contributed by atoms with Gasteiger partial charge in [0.15, 0.2) is 18.9 Å². The number of hydrogen-bond donors (Lipinski definition) is 12. The number of aliphatic hydroxyl groups is 11. The summed E-state index contributed by atoms with van der Waals surface area (Å²) >= 11 is 0. The molecule has 0 aromatic rings. The Bertz CT molecular complexity index is 2580. The lowest BCUT2D eigenvalue weighted by Gasteiger charge is -2.48. The van der Waals surface area contributed by atoms with E-state index in [0.717, 1.165) is 116 Å². The maximum absolute atomic E-state index is 13.5. The predicted octanol–water partition coefficient (Wildman–Crippen LogP) is 16.2. The summed E-state index contributed by atoms with van der Waals surface area (Å²) in [6, 6.07) is -1.01. The van der Waals surface area contributed by atoms with Crippen LogP contribution in [0.4, 0.5) is 0 Å². The highest BCUT2D eigenvalue weighted by atomic mass is 16.8. The number of carbonyl (C=O) groups excluding carboxylic acids is 1. The minimum Gasteiger partial charge on any atom is -0.394 e. The number of unbranched alkanes of at least 4 members (excludes halogenated alkanes) is 30. The minimum atomic E-state index is -1.99. The summed E-state index contributed by atoms with van der Waals surface area (Å²) < 4.78 is 34.5. The normalized spacial score (nSPS) is 25.8. The van der Waals surface area contributed by atoms with E-state index in [1.807, 2.05) is 6.08 Å². The SMILES string of the molecule is CC/C=C\C/C=C\C/C=C\C/C=C\C/C=C\C/C=C\C/C=C\C/C=C\C/C=C\CCCCCCCCCCCCCCCC(=O)NC(COC1OC(CO)C(OC2OC(CO)C(OC3OC(CO)C(O)C(O)C3O)C(O)C2O)C(O)C1O)C(O)/C=C/CC/C=C/CC/C=C/CCCCCCCCCCCCCCCCC. The molecule has 3 aliphatic heterocycles. The highest BCUT2D eigenvalue weighted by Gasteiger charge is 2.54. The van der Waals surface area contributed by atoms with Crippen molar-refractivity contribution in [3.63, 3.8) is 0 Å². The molecule has 0 radical (unpaired) electrons. The Morgan fingerprint density at radius 1 is 0.333 bits per heavy atom. The fraction of sp³-hybridized carbons (Fsp3) is 0.728. The van der Waals surface area contributed by atoms with Gasteiger partial charge in [0.2, 0.25) is 5.91 Å². The van der Waals surface area contributed by atoms with Crippen LogP contribution in [0.3, 0.4) is 0 Å². The second kappa shape index (κ2) is 69.9. The molecule has 0 aromatic heterocycles. The first kappa shape index (κ1) is 101. The van der Waals surface area contributed by atoms with Crippen LogP contribution in [0.5, 0.6) is 0 Å². The molecule has 12 N–H and O–H groups in total. The molecule has 3 fully saturated rings. The summed E-state index contributed by atoms with van der Waals surface area (Å²) in [4.78, 5) is 13.5. The molecule has 636 valence electrons. The Kier molecular flexibility index (Phi) is 63.5. The van der Waals surface area contributed by atoms with Crippen molar-refractivity contribution >= 4 is 5.91 Å². The molecule has 3 rings (SSSR count). The number of ether oxygens (including phenoxy) is 6. The van der Waals surface area contributed by atoms with Crippen molar-refractivity contribution in [3.05, 3.63) is 146 Å². The van der Waals surface area contributed by atoms with E-state index in [0.29, 0.717) is 12.8 Å². The van der Waals surface area contributed by atoms with Crippen LogP contribution < -0.4 is 5.32 Å². The molecule has 0 aromatic carbocycles. The molecule has 17 atom stereocenters. The number of nitrogens with one attached hydrogen (secondary N) is 1. The molecule has 0 saturated carbocycles. The smallest absolute Gasteiger partial charge is 0.220 e. The Labute approximate surface area is 670 Å². The predicted molar refractivity (Wildman–Crippen MR) is 447 cm³/mol. The Morgan fingerprint density at radius 2 is 0.631 bits per heavy atom. The number of allylic oxidation sites excluding steroid dienone is 23. The van der Waals surface area contributed by atoms with Gasteiger partial charge in [0.25, 0.3) is 0 Å². The van der Waals surface area contributed by atoms with Crippen LogP contribution in [0.15, 0.2) is 146 Å². The zero-order valence-corrected chi connectivity index (χ0v) is 68.4. The van der Waals surface area contributed by atoms with E-state index in [1.165, 1.54) is 148 Å². The quantitative estimate of drug-likeness (QED) is 0.0199. The first-order valence-corrected chi connectivity index (χ1v) is 43.6. The van der Waals surface area contributed by atoms with E-state index in [9.17, 15) is 61.0 Å². The third-order valence-electron chi connectivity index (χ3n) is 20.6. The first-order chi connectivity index (χ1) is 54.3. The molecule has 19 nitrogen and oxygen atoms in total. The van der Waals surface area contributed by atoms with Crippen molar-refractivity contribution < 1.29 is 89.4 Å². The van der Waals surface area contributed by atoms with Gasteiger partial charge in [-0.25, -0.2) is 0 Å². The lowest BCUT2D eigenvalue weighted by atomic mass is 9.96. The van der Waals surface area contributed by atoms with Crippen LogP contribution in [-0.4, -0.2) is 193 Å². The lowest BCUT2D eigenvalue weighted by Crippen LogP contribution is -2.66. The van der Waals surface area contributed by atoms with Gasteiger partial charge in [-0.1, -0.05) is 320 Å². The number of aliphatic hydroxyl groups excluding tert-OH is 11. The van der Waals surface area contributed by atoms with Crippen LogP contribution in [0, 0.1) is 0 Å². The molecule has 1 amide bonds. The van der Waals surface area contributed by atoms with Gasteiger partial charge in [0, 0.05) is 6.42 Å². The highest BCUT2D eigenvalue weighted by Crippen LogP contribution is 2.33. The van der Waals surface area contributed by atoms with Crippen molar-refractivity contribution in [1.29, 1.82) is 0 Å². The van der Waals surface area contributed by atoms with Gasteiger partial charge in [0.05, 0.1) is 38.6 Å². The molecule has 19 heteroatoms. The van der Waals surface area contributed by atoms with Crippen molar-refractivity contribution in [3.8, 4) is 0 Å². The molecule has 111 heavy (non-hydrogen) atoms. The van der Waals surface area contributed by atoms with Crippen LogP contribution in [-0.2, 0) is 33.2 Å². The largest absolute Gasteiger partial charge is 0.394 e. The molecular weight excluding hydrogens is 1410 g/mol. The van der Waals surface area contributed by atoms with Gasteiger partial charge in [-0.05, 0) is 116 Å². The van der Waals surface area contributed by atoms with Crippen LogP contribution in [0.1, 0.15) is 296 Å². The van der Waals surface area contributed by atoms with Gasteiger partial charge in [0.1, 0.15) is 73.2 Å². The summed E-state index contributed by atoms with van der Waals surface area (Å²) in [6.07, 6.45) is 75.5. The Morgan fingerprint density at radius 3 is 1.01 bits per heavy atom. The summed E-state index contributed by atoms with van der Waals surface area (Å²) in [5.74, 6) is -0.294. The molecule has 0 aliphatic carbocycles. The zero-order valence-electron chi connectivity index (χ0n) is 68.4. The number of hydrogen-bond acceptors (Lipinski definition) is 18. The van der Waals surface area contributed by atoms with E-state index >= 15 is 0 Å². The summed E-state index contributed by atoms with van der Waals surface area (Å²) in [5.41, 5.74) is 0. The molecule has 3 aliphatic rings. The van der Waals surface area contributed by atoms with E-state index in [-0.39, 0.29) is 18.9 Å². The lowest BCUT2D eigenvalue weighted by molar-refractivity contribution is -0.379. The fourth-order valence-corrected chi connectivity index (χ4v) is 13.7. The molecule has 3 saturated heterocycles. The summed E-state index contributed by atoms with van der Waals surface area (Å²) in [5, 5.41) is 121. The summed E-state index contributed by atoms with van der Waals surface area (Å²) in [6.45, 7) is 1.61. The van der Waals surface area contributed by atoms with Gasteiger partial charge >= 0.3 is 0 Å². The third kappa shape index (κ3) is 48.7. The van der Waals surface area contributed by atoms with Crippen molar-refractivity contribution in [1.82, 2.24) is 5.32 Å². The van der Waals surface area contributed by atoms with Crippen LogP contribution >= 0.6 is 0 Å². The Balaban J connectivity index is 1.34. The molecule has 0 spiro atoms. The van der Waals surface area contributed by atoms with Gasteiger partial charge in [-0.15, -0.1) is 0 Å². The Hall–Kier alpha value is -4.33. The summed E-state index contributed by atoms with van der Waals surface area (Å²) in [7, 11) is 0. The molecule has 17 unspecified atom stereocenters. The maximum Gasteiger partial charge on any atom is 0.220 e. The number of rotatable bonds is 68. The number of carbonyl (C=O) groups is 1. The second-order valence-electron chi connectivity index (χ2n) is 30.2. The van der Waals surface area contributed by atoms with E-state index in [1.54, 1.807) is 6.08 Å².